The first-order valence-electron chi connectivity index (χ1n) is 5.17. The number of nitrogens with one attached hydrogen (secondary N) is 1. The van der Waals surface area contributed by atoms with E-state index in [1.807, 2.05) is 0 Å². The van der Waals surface area contributed by atoms with E-state index >= 15 is 0 Å². The van der Waals surface area contributed by atoms with Gasteiger partial charge < -0.3 is 5.32 Å². The highest BCUT2D eigenvalue weighted by atomic mass is 79.9. The molecule has 1 rings (SSSR count). The van der Waals surface area contributed by atoms with Crippen molar-refractivity contribution in [3.8, 4) is 0 Å². The van der Waals surface area contributed by atoms with Crippen molar-refractivity contribution in [2.24, 2.45) is 0 Å². The van der Waals surface area contributed by atoms with Crippen LogP contribution in [0.2, 0.25) is 0 Å². The number of hydrogen-bond donors (Lipinski definition) is 1. The predicted octanol–water partition coefficient (Wildman–Crippen LogP) is 2.58. The Kier molecular flexibility index (Phi) is 5.54. The van der Waals surface area contributed by atoms with Gasteiger partial charge in [0.15, 0.2) is 0 Å². The molecule has 0 saturated carbocycles. The van der Waals surface area contributed by atoms with Gasteiger partial charge >= 0.3 is 6.18 Å². The molecular weight excluding hydrogens is 347 g/mol. The molecule has 0 aliphatic carbocycles. The molecule has 1 aromatic carbocycles. The summed E-state index contributed by atoms with van der Waals surface area (Å²) in [4.78, 5) is 11.6. The Balaban J connectivity index is 2.84. The van der Waals surface area contributed by atoms with Gasteiger partial charge in [-0.3, -0.25) is 9.00 Å². The van der Waals surface area contributed by atoms with Crippen LogP contribution in [0.15, 0.2) is 22.7 Å². The molecule has 1 N–H and O–H groups in total. The maximum Gasteiger partial charge on any atom is 0.417 e. The summed E-state index contributed by atoms with van der Waals surface area (Å²) in [5, 5.41) is 2.41. The Morgan fingerprint density at radius 2 is 2.05 bits per heavy atom. The van der Waals surface area contributed by atoms with E-state index in [0.29, 0.717) is 0 Å². The Morgan fingerprint density at radius 1 is 1.42 bits per heavy atom. The minimum atomic E-state index is -4.53. The first-order valence-corrected chi connectivity index (χ1v) is 7.69. The second-order valence-corrected chi connectivity index (χ2v) is 6.13. The number of carbonyl (C=O) groups is 1. The molecular formula is C11H11BrF3NO2S. The molecule has 1 unspecified atom stereocenters. The van der Waals surface area contributed by atoms with Gasteiger partial charge in [0.2, 0.25) is 0 Å². The Morgan fingerprint density at radius 3 is 2.58 bits per heavy atom. The minimum Gasteiger partial charge on any atom is -0.351 e. The van der Waals surface area contributed by atoms with Gasteiger partial charge in [-0.15, -0.1) is 0 Å². The van der Waals surface area contributed by atoms with Crippen LogP contribution < -0.4 is 5.32 Å². The maximum atomic E-state index is 12.6. The van der Waals surface area contributed by atoms with Gasteiger partial charge in [-0.1, -0.05) is 15.9 Å². The second kappa shape index (κ2) is 6.51. The molecule has 0 radical (unpaired) electrons. The third-order valence-corrected chi connectivity index (χ3v) is 3.68. The lowest BCUT2D eigenvalue weighted by molar-refractivity contribution is -0.138. The van der Waals surface area contributed by atoms with Crippen molar-refractivity contribution in [2.75, 3.05) is 18.6 Å². The summed E-state index contributed by atoms with van der Waals surface area (Å²) in [5.41, 5.74) is -0.989. The first kappa shape index (κ1) is 16.2. The molecule has 8 heteroatoms. The minimum absolute atomic E-state index is 0.0857. The number of alkyl halides is 3. The first-order chi connectivity index (χ1) is 8.71. The highest BCUT2D eigenvalue weighted by Crippen LogP contribution is 2.35. The number of carbonyl (C=O) groups excluding carboxylic acids is 1. The van der Waals surface area contributed by atoms with Crippen LogP contribution in [0.25, 0.3) is 0 Å². The second-order valence-electron chi connectivity index (χ2n) is 3.73. The van der Waals surface area contributed by atoms with Crippen LogP contribution in [0.4, 0.5) is 13.2 Å². The number of hydrogen-bond acceptors (Lipinski definition) is 2. The molecule has 106 valence electrons. The van der Waals surface area contributed by atoms with Gasteiger partial charge in [-0.05, 0) is 18.2 Å². The van der Waals surface area contributed by atoms with Crippen molar-refractivity contribution in [2.45, 2.75) is 6.18 Å². The van der Waals surface area contributed by atoms with Crippen LogP contribution in [0.3, 0.4) is 0 Å². The van der Waals surface area contributed by atoms with E-state index < -0.39 is 28.4 Å². The lowest BCUT2D eigenvalue weighted by Gasteiger charge is -2.11. The molecule has 0 aliphatic rings. The fourth-order valence-electron chi connectivity index (χ4n) is 1.29. The number of amides is 1. The molecule has 1 amide bonds. The fourth-order valence-corrected chi connectivity index (χ4v) is 2.16. The molecule has 1 aromatic rings. The van der Waals surface area contributed by atoms with Gasteiger partial charge in [-0.2, -0.15) is 13.2 Å². The molecule has 0 aliphatic heterocycles. The Hall–Kier alpha value is -0.890. The van der Waals surface area contributed by atoms with E-state index in [0.717, 1.165) is 6.07 Å². The van der Waals surface area contributed by atoms with Gasteiger partial charge in [0, 0.05) is 39.4 Å². The smallest absolute Gasteiger partial charge is 0.351 e. The summed E-state index contributed by atoms with van der Waals surface area (Å²) in [7, 11) is -1.06. The maximum absolute atomic E-state index is 12.6. The number of benzene rings is 1. The van der Waals surface area contributed by atoms with Gasteiger partial charge in [0.1, 0.15) is 0 Å². The quantitative estimate of drug-likeness (QED) is 0.900. The van der Waals surface area contributed by atoms with Gasteiger partial charge in [-0.25, -0.2) is 0 Å². The molecule has 0 saturated heterocycles. The molecule has 1 atom stereocenters. The zero-order chi connectivity index (χ0) is 14.6. The van der Waals surface area contributed by atoms with Crippen molar-refractivity contribution in [1.82, 2.24) is 5.32 Å². The van der Waals surface area contributed by atoms with Gasteiger partial charge in [0.05, 0.1) is 5.56 Å². The number of rotatable bonds is 4. The Labute approximate surface area is 119 Å². The topological polar surface area (TPSA) is 46.2 Å². The van der Waals surface area contributed by atoms with Crippen LogP contribution in [-0.2, 0) is 17.0 Å². The monoisotopic (exact) mass is 357 g/mol. The van der Waals surface area contributed by atoms with E-state index in [4.69, 9.17) is 0 Å². The summed E-state index contributed by atoms with van der Waals surface area (Å²) < 4.78 is 48.6. The van der Waals surface area contributed by atoms with Crippen LogP contribution in [0.5, 0.6) is 0 Å². The van der Waals surface area contributed by atoms with Crippen molar-refractivity contribution < 1.29 is 22.2 Å². The molecule has 19 heavy (non-hydrogen) atoms. The van der Waals surface area contributed by atoms with E-state index in [1.54, 1.807) is 0 Å². The predicted molar refractivity (Wildman–Crippen MR) is 70.4 cm³/mol. The highest BCUT2D eigenvalue weighted by molar-refractivity contribution is 9.10. The summed E-state index contributed by atoms with van der Waals surface area (Å²) in [6.45, 7) is 0.152. The zero-order valence-electron chi connectivity index (χ0n) is 9.88. The summed E-state index contributed by atoms with van der Waals surface area (Å²) in [6.07, 6.45) is -3.05. The molecule has 0 bridgehead atoms. The summed E-state index contributed by atoms with van der Waals surface area (Å²) in [5.74, 6) is -0.363. The average molecular weight is 358 g/mol. The van der Waals surface area contributed by atoms with E-state index in [-0.39, 0.29) is 22.3 Å². The van der Waals surface area contributed by atoms with E-state index in [2.05, 4.69) is 21.2 Å². The summed E-state index contributed by atoms with van der Waals surface area (Å²) in [6, 6.07) is 3.25. The van der Waals surface area contributed by atoms with Crippen molar-refractivity contribution in [1.29, 1.82) is 0 Å². The summed E-state index contributed by atoms with van der Waals surface area (Å²) >= 11 is 2.80. The lowest BCUT2D eigenvalue weighted by atomic mass is 10.1. The van der Waals surface area contributed by atoms with Crippen LogP contribution in [-0.4, -0.2) is 28.7 Å². The average Bonchev–Trinajstić information content (AvgIpc) is 2.27. The highest BCUT2D eigenvalue weighted by Gasteiger charge is 2.33. The molecule has 0 aromatic heterocycles. The molecule has 3 nitrogen and oxygen atoms in total. The number of halogens is 4. The van der Waals surface area contributed by atoms with Crippen molar-refractivity contribution in [3.05, 3.63) is 33.8 Å². The van der Waals surface area contributed by atoms with E-state index in [1.165, 1.54) is 18.4 Å². The third kappa shape index (κ3) is 4.94. The van der Waals surface area contributed by atoms with Gasteiger partial charge in [0.25, 0.3) is 5.91 Å². The zero-order valence-corrected chi connectivity index (χ0v) is 12.3. The normalized spacial score (nSPS) is 13.1. The SMILES string of the molecule is CS(=O)CCNC(=O)c1ccc(Br)c(C(F)(F)F)c1. The van der Waals surface area contributed by atoms with Crippen molar-refractivity contribution >= 4 is 32.6 Å². The van der Waals surface area contributed by atoms with Crippen LogP contribution in [0.1, 0.15) is 15.9 Å². The largest absolute Gasteiger partial charge is 0.417 e. The van der Waals surface area contributed by atoms with Crippen LogP contribution >= 0.6 is 15.9 Å². The molecule has 0 spiro atoms. The molecule has 0 heterocycles. The lowest BCUT2D eigenvalue weighted by Crippen LogP contribution is -2.27. The van der Waals surface area contributed by atoms with Crippen molar-refractivity contribution in [3.63, 3.8) is 0 Å². The molecule has 0 fully saturated rings. The standard InChI is InChI=1S/C11H11BrF3NO2S/c1-19(18)5-4-16-10(17)7-2-3-9(12)8(6-7)11(13,14)15/h2-3,6H,4-5H2,1H3,(H,16,17). The van der Waals surface area contributed by atoms with Crippen LogP contribution in [0, 0.1) is 0 Å². The Bertz CT molecular complexity index is 505. The fraction of sp³-hybridized carbons (Fsp3) is 0.364. The third-order valence-electron chi connectivity index (χ3n) is 2.21. The van der Waals surface area contributed by atoms with E-state index in [9.17, 15) is 22.2 Å².